The fraction of sp³-hybridized carbons (Fsp3) is 0.556. The molecular formula is C18H26N2O2. The van der Waals surface area contributed by atoms with Gasteiger partial charge < -0.3 is 10.2 Å². The molecule has 1 N–H and O–H groups in total. The first kappa shape index (κ1) is 16.5. The van der Waals surface area contributed by atoms with Crippen molar-refractivity contribution < 1.29 is 9.59 Å². The van der Waals surface area contributed by atoms with Crippen LogP contribution in [0.4, 0.5) is 0 Å². The van der Waals surface area contributed by atoms with Crippen molar-refractivity contribution >= 4 is 11.8 Å². The van der Waals surface area contributed by atoms with Gasteiger partial charge in [0, 0.05) is 26.1 Å². The Balaban J connectivity index is 1.66. The average Bonchev–Trinajstić information content (AvgIpc) is 2.91. The van der Waals surface area contributed by atoms with Crippen molar-refractivity contribution in [1.82, 2.24) is 10.2 Å². The number of aryl methyl sites for hydroxylation is 1. The van der Waals surface area contributed by atoms with Gasteiger partial charge in [-0.3, -0.25) is 9.59 Å². The molecule has 2 rings (SSSR count). The van der Waals surface area contributed by atoms with E-state index in [0.29, 0.717) is 19.5 Å². The summed E-state index contributed by atoms with van der Waals surface area (Å²) in [7, 11) is 0. The second kappa shape index (κ2) is 8.57. The molecule has 0 radical (unpaired) electrons. The van der Waals surface area contributed by atoms with E-state index in [4.69, 9.17) is 0 Å². The molecule has 4 heteroatoms. The third-order valence-corrected chi connectivity index (χ3v) is 4.15. The summed E-state index contributed by atoms with van der Waals surface area (Å²) in [5, 5.41) is 2.97. The molecule has 1 aromatic rings. The van der Waals surface area contributed by atoms with Crippen LogP contribution in [0.3, 0.4) is 0 Å². The molecule has 1 fully saturated rings. The van der Waals surface area contributed by atoms with Crippen LogP contribution in [0.1, 0.15) is 38.2 Å². The fourth-order valence-electron chi connectivity index (χ4n) is 2.81. The Morgan fingerprint density at radius 1 is 1.27 bits per heavy atom. The highest BCUT2D eigenvalue weighted by Gasteiger charge is 2.33. The average molecular weight is 302 g/mol. The number of benzene rings is 1. The third-order valence-electron chi connectivity index (χ3n) is 4.15. The Bertz CT molecular complexity index is 487. The van der Waals surface area contributed by atoms with Crippen LogP contribution in [0.15, 0.2) is 30.3 Å². The van der Waals surface area contributed by atoms with Crippen LogP contribution in [0.5, 0.6) is 0 Å². The smallest absolute Gasteiger partial charge is 0.225 e. The number of hydrogen-bond acceptors (Lipinski definition) is 2. The molecule has 1 aromatic carbocycles. The number of amides is 2. The topological polar surface area (TPSA) is 49.4 Å². The molecule has 0 bridgehead atoms. The Hall–Kier alpha value is -1.84. The highest BCUT2D eigenvalue weighted by Crippen LogP contribution is 2.18. The van der Waals surface area contributed by atoms with Gasteiger partial charge in [-0.1, -0.05) is 43.7 Å². The number of likely N-dealkylation sites (tertiary alicyclic amines) is 1. The first-order valence-electron chi connectivity index (χ1n) is 8.30. The normalized spacial score (nSPS) is 17.8. The molecule has 0 aromatic heterocycles. The van der Waals surface area contributed by atoms with Crippen molar-refractivity contribution in [2.75, 3.05) is 19.6 Å². The van der Waals surface area contributed by atoms with Crippen molar-refractivity contribution in [3.63, 3.8) is 0 Å². The largest absolute Gasteiger partial charge is 0.356 e. The van der Waals surface area contributed by atoms with Gasteiger partial charge in [0.05, 0.1) is 5.92 Å². The predicted molar refractivity (Wildman–Crippen MR) is 87.4 cm³/mol. The van der Waals surface area contributed by atoms with Crippen LogP contribution in [-0.2, 0) is 16.0 Å². The maximum absolute atomic E-state index is 12.1. The summed E-state index contributed by atoms with van der Waals surface area (Å²) >= 11 is 0. The molecule has 1 aliphatic heterocycles. The van der Waals surface area contributed by atoms with Gasteiger partial charge in [-0.25, -0.2) is 0 Å². The minimum absolute atomic E-state index is 0.0282. The minimum Gasteiger partial charge on any atom is -0.356 e. The van der Waals surface area contributed by atoms with Crippen LogP contribution in [0, 0.1) is 5.92 Å². The quantitative estimate of drug-likeness (QED) is 0.750. The molecule has 2 amide bonds. The van der Waals surface area contributed by atoms with Crippen molar-refractivity contribution in [2.45, 2.75) is 39.0 Å². The summed E-state index contributed by atoms with van der Waals surface area (Å²) in [6, 6.07) is 10.3. The lowest BCUT2D eigenvalue weighted by Crippen LogP contribution is -2.33. The van der Waals surface area contributed by atoms with Gasteiger partial charge in [-0.2, -0.15) is 0 Å². The van der Waals surface area contributed by atoms with E-state index in [1.807, 2.05) is 23.1 Å². The number of hydrogen-bond donors (Lipinski definition) is 1. The summed E-state index contributed by atoms with van der Waals surface area (Å²) in [4.78, 5) is 25.8. The molecule has 0 saturated carbocycles. The van der Waals surface area contributed by atoms with E-state index in [1.165, 1.54) is 5.56 Å². The molecule has 1 aliphatic rings. The minimum atomic E-state index is -0.166. The molecule has 0 aliphatic carbocycles. The standard InChI is InChI=1S/C18H26N2O2/c1-2-3-12-20-14-16(13-17(20)21)18(22)19-11-7-10-15-8-5-4-6-9-15/h4-6,8-9,16H,2-3,7,10-14H2,1H3,(H,19,22). The summed E-state index contributed by atoms with van der Waals surface area (Å²) in [6.07, 6.45) is 4.34. The van der Waals surface area contributed by atoms with E-state index in [1.54, 1.807) is 0 Å². The number of carbonyl (C=O) groups is 2. The maximum Gasteiger partial charge on any atom is 0.225 e. The van der Waals surface area contributed by atoms with Gasteiger partial charge >= 0.3 is 0 Å². The predicted octanol–water partition coefficient (Wildman–Crippen LogP) is 2.38. The Kier molecular flexibility index (Phi) is 6.44. The summed E-state index contributed by atoms with van der Waals surface area (Å²) in [6.45, 7) is 4.15. The lowest BCUT2D eigenvalue weighted by atomic mass is 10.1. The van der Waals surface area contributed by atoms with Crippen LogP contribution >= 0.6 is 0 Å². The monoisotopic (exact) mass is 302 g/mol. The summed E-state index contributed by atoms with van der Waals surface area (Å²) < 4.78 is 0. The third kappa shape index (κ3) is 4.86. The first-order valence-corrected chi connectivity index (χ1v) is 8.30. The molecule has 120 valence electrons. The van der Waals surface area contributed by atoms with E-state index < -0.39 is 0 Å². The van der Waals surface area contributed by atoms with E-state index in [9.17, 15) is 9.59 Å². The molecule has 0 spiro atoms. The number of rotatable bonds is 8. The molecule has 4 nitrogen and oxygen atoms in total. The summed E-state index contributed by atoms with van der Waals surface area (Å²) in [5.74, 6) is -0.0145. The highest BCUT2D eigenvalue weighted by molar-refractivity contribution is 5.89. The first-order chi connectivity index (χ1) is 10.7. The number of nitrogens with zero attached hydrogens (tertiary/aromatic N) is 1. The lowest BCUT2D eigenvalue weighted by Gasteiger charge is -2.15. The van der Waals surface area contributed by atoms with E-state index in [2.05, 4.69) is 24.4 Å². The summed E-state index contributed by atoms with van der Waals surface area (Å²) in [5.41, 5.74) is 1.29. The molecule has 1 atom stereocenters. The van der Waals surface area contributed by atoms with Gasteiger partial charge in [0.2, 0.25) is 11.8 Å². The molecule has 1 heterocycles. The van der Waals surface area contributed by atoms with Crippen LogP contribution in [0.25, 0.3) is 0 Å². The fourth-order valence-corrected chi connectivity index (χ4v) is 2.81. The molecular weight excluding hydrogens is 276 g/mol. The van der Waals surface area contributed by atoms with Crippen LogP contribution < -0.4 is 5.32 Å². The highest BCUT2D eigenvalue weighted by atomic mass is 16.2. The zero-order valence-electron chi connectivity index (χ0n) is 13.4. The van der Waals surface area contributed by atoms with Gasteiger partial charge in [0.1, 0.15) is 0 Å². The number of unbranched alkanes of at least 4 members (excludes halogenated alkanes) is 1. The Morgan fingerprint density at radius 3 is 2.77 bits per heavy atom. The van der Waals surface area contributed by atoms with Gasteiger partial charge in [-0.05, 0) is 24.8 Å². The number of nitrogens with one attached hydrogen (secondary N) is 1. The second-order valence-electron chi connectivity index (χ2n) is 5.97. The molecule has 1 saturated heterocycles. The van der Waals surface area contributed by atoms with Crippen molar-refractivity contribution in [3.05, 3.63) is 35.9 Å². The van der Waals surface area contributed by atoms with Gasteiger partial charge in [0.25, 0.3) is 0 Å². The SMILES string of the molecule is CCCCN1CC(C(=O)NCCCc2ccccc2)CC1=O. The van der Waals surface area contributed by atoms with Crippen molar-refractivity contribution in [2.24, 2.45) is 5.92 Å². The van der Waals surface area contributed by atoms with Gasteiger partial charge in [-0.15, -0.1) is 0 Å². The zero-order chi connectivity index (χ0) is 15.8. The Morgan fingerprint density at radius 2 is 2.05 bits per heavy atom. The van der Waals surface area contributed by atoms with Crippen LogP contribution in [-0.4, -0.2) is 36.3 Å². The number of carbonyl (C=O) groups excluding carboxylic acids is 2. The maximum atomic E-state index is 12.1. The van der Waals surface area contributed by atoms with Gasteiger partial charge in [0.15, 0.2) is 0 Å². The zero-order valence-corrected chi connectivity index (χ0v) is 13.4. The van der Waals surface area contributed by atoms with E-state index in [0.717, 1.165) is 32.2 Å². The van der Waals surface area contributed by atoms with E-state index >= 15 is 0 Å². The lowest BCUT2D eigenvalue weighted by molar-refractivity contribution is -0.129. The molecule has 22 heavy (non-hydrogen) atoms. The van der Waals surface area contributed by atoms with E-state index in [-0.39, 0.29) is 17.7 Å². The van der Waals surface area contributed by atoms with Crippen molar-refractivity contribution in [1.29, 1.82) is 0 Å². The Labute approximate surface area is 132 Å². The van der Waals surface area contributed by atoms with Crippen LogP contribution in [0.2, 0.25) is 0 Å². The second-order valence-corrected chi connectivity index (χ2v) is 5.97. The molecule has 1 unspecified atom stereocenters. The van der Waals surface area contributed by atoms with Crippen molar-refractivity contribution in [3.8, 4) is 0 Å².